The van der Waals surface area contributed by atoms with E-state index in [0.717, 1.165) is 18.8 Å². The highest BCUT2D eigenvalue weighted by Crippen LogP contribution is 2.18. The first kappa shape index (κ1) is 11.7. The van der Waals surface area contributed by atoms with Crippen molar-refractivity contribution in [1.82, 2.24) is 4.98 Å². The third kappa shape index (κ3) is 2.47. The van der Waals surface area contributed by atoms with Crippen molar-refractivity contribution in [3.63, 3.8) is 0 Å². The van der Waals surface area contributed by atoms with E-state index in [1.165, 1.54) is 0 Å². The molecule has 0 aliphatic carbocycles. The topological polar surface area (TPSA) is 84.0 Å². The van der Waals surface area contributed by atoms with E-state index in [1.54, 1.807) is 6.07 Å². The van der Waals surface area contributed by atoms with Crippen molar-refractivity contribution in [1.29, 1.82) is 0 Å². The van der Waals surface area contributed by atoms with Crippen LogP contribution in [0.5, 0.6) is 0 Å². The van der Waals surface area contributed by atoms with Gasteiger partial charge >= 0.3 is 0 Å². The van der Waals surface area contributed by atoms with Crippen molar-refractivity contribution in [3.8, 4) is 0 Å². The number of nitrogens with zero attached hydrogens (tertiary/aromatic N) is 3. The van der Waals surface area contributed by atoms with Crippen LogP contribution in [0.1, 0.15) is 12.1 Å². The fourth-order valence-corrected chi connectivity index (χ4v) is 1.83. The van der Waals surface area contributed by atoms with Gasteiger partial charge in [-0.3, -0.25) is 0 Å². The fraction of sp³-hybridized carbons (Fsp3) is 0.455. The van der Waals surface area contributed by atoms with E-state index in [1.807, 2.05) is 19.2 Å². The summed E-state index contributed by atoms with van der Waals surface area (Å²) in [6.07, 6.45) is 0.992. The van der Waals surface area contributed by atoms with E-state index < -0.39 is 0 Å². The Morgan fingerprint density at radius 3 is 3.12 bits per heavy atom. The van der Waals surface area contributed by atoms with Crippen LogP contribution >= 0.6 is 0 Å². The van der Waals surface area contributed by atoms with Crippen LogP contribution in [-0.4, -0.2) is 42.3 Å². The monoisotopic (exact) mass is 236 g/mol. The number of nitrogens with two attached hydrogens (primary N) is 1. The van der Waals surface area contributed by atoms with E-state index in [9.17, 15) is 0 Å². The molecular formula is C11H16N4O2. The summed E-state index contributed by atoms with van der Waals surface area (Å²) >= 11 is 0. The van der Waals surface area contributed by atoms with E-state index in [-0.39, 0.29) is 5.84 Å². The van der Waals surface area contributed by atoms with Gasteiger partial charge in [-0.15, -0.1) is 0 Å². The summed E-state index contributed by atoms with van der Waals surface area (Å²) in [7, 11) is 1.97. The third-order valence-corrected chi connectivity index (χ3v) is 2.92. The number of aromatic nitrogens is 1. The van der Waals surface area contributed by atoms with Crippen molar-refractivity contribution < 1.29 is 9.94 Å². The lowest BCUT2D eigenvalue weighted by Crippen LogP contribution is -2.32. The molecular weight excluding hydrogens is 220 g/mol. The molecule has 17 heavy (non-hydrogen) atoms. The Morgan fingerprint density at radius 2 is 2.47 bits per heavy atom. The zero-order valence-corrected chi connectivity index (χ0v) is 9.71. The Morgan fingerprint density at radius 1 is 1.65 bits per heavy atom. The van der Waals surface area contributed by atoms with E-state index in [4.69, 9.17) is 15.7 Å². The maximum absolute atomic E-state index is 8.62. The zero-order valence-electron chi connectivity index (χ0n) is 9.71. The molecule has 2 rings (SSSR count). The summed E-state index contributed by atoms with van der Waals surface area (Å²) in [5.74, 6) is 0.813. The molecule has 0 spiro atoms. The van der Waals surface area contributed by atoms with Crippen LogP contribution in [-0.2, 0) is 4.74 Å². The maximum Gasteiger partial charge on any atom is 0.188 e. The molecule has 1 fully saturated rings. The average molecular weight is 236 g/mol. The second kappa shape index (κ2) is 5.01. The highest BCUT2D eigenvalue weighted by atomic mass is 16.5. The molecule has 92 valence electrons. The number of oxime groups is 1. The molecule has 1 aromatic rings. The van der Waals surface area contributed by atoms with Crippen LogP contribution in [0.25, 0.3) is 0 Å². The lowest BCUT2D eigenvalue weighted by molar-refractivity contribution is 0.193. The largest absolute Gasteiger partial charge is 0.409 e. The predicted molar refractivity (Wildman–Crippen MR) is 64.4 cm³/mol. The van der Waals surface area contributed by atoms with Gasteiger partial charge in [-0.05, 0) is 18.6 Å². The van der Waals surface area contributed by atoms with Crippen LogP contribution in [0, 0.1) is 0 Å². The molecule has 1 unspecified atom stereocenters. The number of hydrogen-bond donors (Lipinski definition) is 2. The molecule has 2 heterocycles. The molecule has 3 N–H and O–H groups in total. The summed E-state index contributed by atoms with van der Waals surface area (Å²) in [6.45, 7) is 1.50. The molecule has 0 bridgehead atoms. The predicted octanol–water partition coefficient (Wildman–Crippen LogP) is 0.401. The van der Waals surface area contributed by atoms with Gasteiger partial charge in [0.15, 0.2) is 5.84 Å². The lowest BCUT2D eigenvalue weighted by Gasteiger charge is -2.24. The van der Waals surface area contributed by atoms with Crippen molar-refractivity contribution >= 4 is 11.7 Å². The SMILES string of the molecule is CN(c1cccc(/C(N)=N/O)n1)C1CCOC1. The van der Waals surface area contributed by atoms with Crippen molar-refractivity contribution in [2.75, 3.05) is 25.2 Å². The second-order valence-electron chi connectivity index (χ2n) is 3.99. The average Bonchev–Trinajstić information content (AvgIpc) is 2.91. The van der Waals surface area contributed by atoms with Crippen LogP contribution in [0.3, 0.4) is 0 Å². The van der Waals surface area contributed by atoms with Crippen molar-refractivity contribution in [2.45, 2.75) is 12.5 Å². The number of rotatable bonds is 3. The maximum atomic E-state index is 8.62. The van der Waals surface area contributed by atoms with E-state index in [2.05, 4.69) is 15.0 Å². The highest BCUT2D eigenvalue weighted by Gasteiger charge is 2.21. The normalized spacial score (nSPS) is 20.5. The molecule has 1 saturated heterocycles. The minimum Gasteiger partial charge on any atom is -0.409 e. The molecule has 6 nitrogen and oxygen atoms in total. The Balaban J connectivity index is 2.20. The Bertz CT molecular complexity index is 416. The summed E-state index contributed by atoms with van der Waals surface area (Å²) in [4.78, 5) is 6.40. The minimum absolute atomic E-state index is 0.0166. The van der Waals surface area contributed by atoms with Crippen LogP contribution in [0.15, 0.2) is 23.4 Å². The van der Waals surface area contributed by atoms with Crippen LogP contribution < -0.4 is 10.6 Å². The Kier molecular flexibility index (Phi) is 3.43. The van der Waals surface area contributed by atoms with E-state index >= 15 is 0 Å². The number of amidine groups is 1. The zero-order chi connectivity index (χ0) is 12.3. The molecule has 1 aliphatic rings. The summed E-state index contributed by atoms with van der Waals surface area (Å²) in [6, 6.07) is 5.77. The molecule has 1 aliphatic heterocycles. The summed E-state index contributed by atoms with van der Waals surface area (Å²) < 4.78 is 5.34. The number of pyridine rings is 1. The summed E-state index contributed by atoms with van der Waals surface area (Å²) in [5, 5.41) is 11.6. The second-order valence-corrected chi connectivity index (χ2v) is 3.99. The third-order valence-electron chi connectivity index (χ3n) is 2.92. The molecule has 0 amide bonds. The van der Waals surface area contributed by atoms with Gasteiger partial charge in [0.2, 0.25) is 0 Å². The standard InChI is InChI=1S/C11H16N4O2/c1-15(8-5-6-17-7-8)10-4-2-3-9(13-10)11(12)14-16/h2-4,8,16H,5-7H2,1H3,(H2,12,14). The molecule has 1 atom stereocenters. The molecule has 0 saturated carbocycles. The highest BCUT2D eigenvalue weighted by molar-refractivity contribution is 5.95. The quantitative estimate of drug-likeness (QED) is 0.343. The van der Waals surface area contributed by atoms with Crippen LogP contribution in [0.4, 0.5) is 5.82 Å². The number of likely N-dealkylation sites (N-methyl/N-ethyl adjacent to an activating group) is 1. The Labute approximate surface area is 99.7 Å². The molecule has 0 radical (unpaired) electrons. The first-order valence-corrected chi connectivity index (χ1v) is 5.48. The smallest absolute Gasteiger partial charge is 0.188 e. The lowest BCUT2D eigenvalue weighted by atomic mass is 10.2. The van der Waals surface area contributed by atoms with Crippen molar-refractivity contribution in [3.05, 3.63) is 23.9 Å². The molecule has 1 aromatic heterocycles. The summed E-state index contributed by atoms with van der Waals surface area (Å²) in [5.41, 5.74) is 5.98. The van der Waals surface area contributed by atoms with Gasteiger partial charge < -0.3 is 20.6 Å². The van der Waals surface area contributed by atoms with Gasteiger partial charge in [-0.2, -0.15) is 0 Å². The molecule has 6 heteroatoms. The van der Waals surface area contributed by atoms with Gasteiger partial charge in [0.05, 0.1) is 12.6 Å². The first-order chi connectivity index (χ1) is 8.22. The van der Waals surface area contributed by atoms with Crippen molar-refractivity contribution in [2.24, 2.45) is 10.9 Å². The Hall–Kier alpha value is -1.82. The van der Waals surface area contributed by atoms with Gasteiger partial charge in [-0.25, -0.2) is 4.98 Å². The number of ether oxygens (including phenoxy) is 1. The number of anilines is 1. The van der Waals surface area contributed by atoms with Gasteiger partial charge in [0, 0.05) is 13.7 Å². The fourth-order valence-electron chi connectivity index (χ4n) is 1.83. The first-order valence-electron chi connectivity index (χ1n) is 5.48. The van der Waals surface area contributed by atoms with Crippen LogP contribution in [0.2, 0.25) is 0 Å². The van der Waals surface area contributed by atoms with Gasteiger partial charge in [0.1, 0.15) is 11.5 Å². The number of hydrogen-bond acceptors (Lipinski definition) is 5. The molecule has 0 aromatic carbocycles. The van der Waals surface area contributed by atoms with Gasteiger partial charge in [0.25, 0.3) is 0 Å². The van der Waals surface area contributed by atoms with Gasteiger partial charge in [-0.1, -0.05) is 11.2 Å². The van der Waals surface area contributed by atoms with E-state index in [0.29, 0.717) is 18.3 Å². The minimum atomic E-state index is 0.0166.